The molecule has 2 heterocycles. The fourth-order valence-corrected chi connectivity index (χ4v) is 3.33. The summed E-state index contributed by atoms with van der Waals surface area (Å²) >= 11 is 6.34. The van der Waals surface area contributed by atoms with Crippen LogP contribution in [0.4, 0.5) is 10.5 Å². The largest absolute Gasteiger partial charge is 0.465 e. The third kappa shape index (κ3) is 3.73. The Kier molecular flexibility index (Phi) is 5.11. The number of carbonyl (C=O) groups excluding carboxylic acids is 1. The molecule has 2 saturated heterocycles. The van der Waals surface area contributed by atoms with Gasteiger partial charge in [-0.3, -0.25) is 4.79 Å². The van der Waals surface area contributed by atoms with Gasteiger partial charge < -0.3 is 25.0 Å². The van der Waals surface area contributed by atoms with Gasteiger partial charge in [0, 0.05) is 37.8 Å². The summed E-state index contributed by atoms with van der Waals surface area (Å²) in [7, 11) is 0. The number of hydrogen-bond acceptors (Lipinski definition) is 4. The molecule has 0 aliphatic carbocycles. The summed E-state index contributed by atoms with van der Waals surface area (Å²) in [4.78, 5) is 26.7. The Morgan fingerprint density at radius 3 is 2.62 bits per heavy atom. The Hall–Kier alpha value is -1.99. The average Bonchev–Trinajstić information content (AvgIpc) is 3.04. The number of hydrogen-bond donors (Lipinski definition) is 2. The zero-order chi connectivity index (χ0) is 17.1. The minimum atomic E-state index is -0.954. The molecule has 1 atom stereocenters. The van der Waals surface area contributed by atoms with Gasteiger partial charge in [-0.2, -0.15) is 0 Å². The number of likely N-dealkylation sites (tertiary alicyclic amines) is 1. The quantitative estimate of drug-likeness (QED) is 0.863. The highest BCUT2D eigenvalue weighted by Crippen LogP contribution is 2.27. The smallest absolute Gasteiger partial charge is 0.407 e. The monoisotopic (exact) mass is 353 g/mol. The molecule has 8 heteroatoms. The van der Waals surface area contributed by atoms with E-state index in [0.29, 0.717) is 43.3 Å². The van der Waals surface area contributed by atoms with Gasteiger partial charge in [-0.15, -0.1) is 0 Å². The third-order valence-electron chi connectivity index (χ3n) is 4.36. The Labute approximate surface area is 145 Å². The lowest BCUT2D eigenvalue weighted by Gasteiger charge is -2.29. The Bertz CT molecular complexity index is 634. The Morgan fingerprint density at radius 1 is 1.25 bits per heavy atom. The summed E-state index contributed by atoms with van der Waals surface area (Å²) in [5, 5.41) is 12.4. The second kappa shape index (κ2) is 7.27. The maximum absolute atomic E-state index is 12.3. The van der Waals surface area contributed by atoms with Crippen LogP contribution in [-0.2, 0) is 4.74 Å². The van der Waals surface area contributed by atoms with Crippen LogP contribution in [0.5, 0.6) is 0 Å². The van der Waals surface area contributed by atoms with Crippen molar-refractivity contribution in [2.45, 2.75) is 12.5 Å². The van der Waals surface area contributed by atoms with Gasteiger partial charge in [-0.25, -0.2) is 4.79 Å². The SMILES string of the molecule is O=C(N[C@@H]1CCN(C(=O)O)C1)c1ccc(N2CCOCC2)c(Cl)c1. The predicted molar refractivity (Wildman–Crippen MR) is 90.0 cm³/mol. The lowest BCUT2D eigenvalue weighted by molar-refractivity contribution is 0.0935. The first-order chi connectivity index (χ1) is 11.5. The summed E-state index contributed by atoms with van der Waals surface area (Å²) in [6.45, 7) is 3.65. The molecule has 7 nitrogen and oxygen atoms in total. The maximum Gasteiger partial charge on any atom is 0.407 e. The molecule has 2 fully saturated rings. The average molecular weight is 354 g/mol. The van der Waals surface area contributed by atoms with Gasteiger partial charge in [0.2, 0.25) is 0 Å². The van der Waals surface area contributed by atoms with E-state index < -0.39 is 6.09 Å². The standard InChI is InChI=1S/C16H20ClN3O4/c17-13-9-11(1-2-14(13)19-5-7-24-8-6-19)15(21)18-12-3-4-20(10-12)16(22)23/h1-2,9,12H,3-8,10H2,(H,18,21)(H,22,23)/t12-/m1/s1. The summed E-state index contributed by atoms with van der Waals surface area (Å²) < 4.78 is 5.33. The van der Waals surface area contributed by atoms with Gasteiger partial charge in [0.1, 0.15) is 0 Å². The number of amides is 2. The molecule has 0 unspecified atom stereocenters. The molecule has 1 aromatic rings. The summed E-state index contributed by atoms with van der Waals surface area (Å²) in [6.07, 6.45) is -0.331. The number of ether oxygens (including phenoxy) is 1. The van der Waals surface area contributed by atoms with Crippen LogP contribution in [0.15, 0.2) is 18.2 Å². The molecule has 0 bridgehead atoms. The highest BCUT2D eigenvalue weighted by Gasteiger charge is 2.27. The van der Waals surface area contributed by atoms with Crippen LogP contribution < -0.4 is 10.2 Å². The molecule has 2 amide bonds. The first-order valence-electron chi connectivity index (χ1n) is 7.95. The normalized spacial score (nSPS) is 21.0. The van der Waals surface area contributed by atoms with Crippen LogP contribution in [-0.4, -0.2) is 67.4 Å². The fourth-order valence-electron chi connectivity index (χ4n) is 3.03. The van der Waals surface area contributed by atoms with Gasteiger partial charge in [-0.1, -0.05) is 11.6 Å². The number of nitrogens with one attached hydrogen (secondary N) is 1. The summed E-state index contributed by atoms with van der Waals surface area (Å²) in [5.74, 6) is -0.234. The van der Waals surface area contributed by atoms with Crippen molar-refractivity contribution >= 4 is 29.3 Å². The first kappa shape index (κ1) is 16.9. The highest BCUT2D eigenvalue weighted by molar-refractivity contribution is 6.33. The van der Waals surface area contributed by atoms with E-state index in [0.717, 1.165) is 18.8 Å². The van der Waals surface area contributed by atoms with Crippen LogP contribution in [0, 0.1) is 0 Å². The van der Waals surface area contributed by atoms with Crippen molar-refractivity contribution in [3.05, 3.63) is 28.8 Å². The van der Waals surface area contributed by atoms with Crippen molar-refractivity contribution in [3.8, 4) is 0 Å². The minimum Gasteiger partial charge on any atom is -0.465 e. The zero-order valence-electron chi connectivity index (χ0n) is 13.2. The fraction of sp³-hybridized carbons (Fsp3) is 0.500. The Balaban J connectivity index is 1.63. The van der Waals surface area contributed by atoms with Gasteiger partial charge in [0.15, 0.2) is 0 Å². The molecule has 2 N–H and O–H groups in total. The van der Waals surface area contributed by atoms with E-state index in [1.54, 1.807) is 12.1 Å². The molecule has 2 aliphatic rings. The van der Waals surface area contributed by atoms with Crippen molar-refractivity contribution in [3.63, 3.8) is 0 Å². The lowest BCUT2D eigenvalue weighted by Crippen LogP contribution is -2.38. The highest BCUT2D eigenvalue weighted by atomic mass is 35.5. The van der Waals surface area contributed by atoms with Crippen LogP contribution in [0.3, 0.4) is 0 Å². The molecular formula is C16H20ClN3O4. The number of anilines is 1. The van der Waals surface area contributed by atoms with Crippen molar-refractivity contribution in [1.29, 1.82) is 0 Å². The van der Waals surface area contributed by atoms with E-state index in [1.807, 2.05) is 6.07 Å². The van der Waals surface area contributed by atoms with E-state index in [1.165, 1.54) is 4.90 Å². The molecule has 0 saturated carbocycles. The lowest BCUT2D eigenvalue weighted by atomic mass is 10.1. The second-order valence-corrected chi connectivity index (χ2v) is 6.36. The molecule has 0 spiro atoms. The topological polar surface area (TPSA) is 82.1 Å². The van der Waals surface area contributed by atoms with Crippen molar-refractivity contribution in [1.82, 2.24) is 10.2 Å². The molecule has 0 aromatic heterocycles. The second-order valence-electron chi connectivity index (χ2n) is 5.95. The zero-order valence-corrected chi connectivity index (χ0v) is 14.0. The molecule has 3 rings (SSSR count). The molecule has 1 aromatic carbocycles. The number of morpholine rings is 1. The van der Waals surface area contributed by atoms with E-state index in [4.69, 9.17) is 21.4 Å². The van der Waals surface area contributed by atoms with Crippen molar-refractivity contribution < 1.29 is 19.4 Å². The van der Waals surface area contributed by atoms with Crippen LogP contribution >= 0.6 is 11.6 Å². The van der Waals surface area contributed by atoms with E-state index in [2.05, 4.69) is 10.2 Å². The van der Waals surface area contributed by atoms with E-state index in [-0.39, 0.29) is 11.9 Å². The summed E-state index contributed by atoms with van der Waals surface area (Å²) in [6, 6.07) is 5.09. The Morgan fingerprint density at radius 2 is 2.00 bits per heavy atom. The number of benzene rings is 1. The maximum atomic E-state index is 12.3. The molecule has 24 heavy (non-hydrogen) atoms. The van der Waals surface area contributed by atoms with Crippen molar-refractivity contribution in [2.24, 2.45) is 0 Å². The molecule has 2 aliphatic heterocycles. The number of carbonyl (C=O) groups is 2. The van der Waals surface area contributed by atoms with E-state index in [9.17, 15) is 9.59 Å². The minimum absolute atomic E-state index is 0.161. The van der Waals surface area contributed by atoms with Gasteiger partial charge in [0.05, 0.1) is 23.9 Å². The van der Waals surface area contributed by atoms with Gasteiger partial charge in [0.25, 0.3) is 5.91 Å². The van der Waals surface area contributed by atoms with E-state index >= 15 is 0 Å². The van der Waals surface area contributed by atoms with Gasteiger partial charge >= 0.3 is 6.09 Å². The molecule has 0 radical (unpaired) electrons. The number of nitrogens with zero attached hydrogens (tertiary/aromatic N) is 2. The third-order valence-corrected chi connectivity index (χ3v) is 4.66. The van der Waals surface area contributed by atoms with Crippen LogP contribution in [0.1, 0.15) is 16.8 Å². The van der Waals surface area contributed by atoms with Crippen LogP contribution in [0.2, 0.25) is 5.02 Å². The van der Waals surface area contributed by atoms with Crippen LogP contribution in [0.25, 0.3) is 0 Å². The first-order valence-corrected chi connectivity index (χ1v) is 8.33. The summed E-state index contributed by atoms with van der Waals surface area (Å²) in [5.41, 5.74) is 1.38. The number of halogens is 1. The van der Waals surface area contributed by atoms with Crippen molar-refractivity contribution in [2.75, 3.05) is 44.3 Å². The molecular weight excluding hydrogens is 334 g/mol. The number of carboxylic acid groups (broad SMARTS) is 1. The predicted octanol–water partition coefficient (Wildman–Crippen LogP) is 1.66. The van der Waals surface area contributed by atoms with Gasteiger partial charge in [-0.05, 0) is 24.6 Å². The molecule has 130 valence electrons. The number of rotatable bonds is 3.